The number of fused-ring (bicyclic) bond motifs is 1. The molecule has 3 aromatic rings. The van der Waals surface area contributed by atoms with Crippen LogP contribution < -0.4 is 9.47 Å². The van der Waals surface area contributed by atoms with Crippen LogP contribution in [0.25, 0.3) is 10.9 Å². The lowest BCUT2D eigenvalue weighted by Gasteiger charge is -2.18. The zero-order valence-corrected chi connectivity index (χ0v) is 19.3. The van der Waals surface area contributed by atoms with Gasteiger partial charge in [0.1, 0.15) is 11.0 Å². The van der Waals surface area contributed by atoms with Crippen LogP contribution >= 0.6 is 23.2 Å². The number of hydrogen-bond donors (Lipinski definition) is 1. The van der Waals surface area contributed by atoms with Gasteiger partial charge in [-0.25, -0.2) is 18.2 Å². The summed E-state index contributed by atoms with van der Waals surface area (Å²) in [6, 6.07) is 8.65. The summed E-state index contributed by atoms with van der Waals surface area (Å²) in [4.78, 5) is 15.1. The van der Waals surface area contributed by atoms with Gasteiger partial charge in [-0.15, -0.1) is 11.6 Å². The fourth-order valence-electron chi connectivity index (χ4n) is 3.23. The number of aliphatic carboxylic acids is 1. The van der Waals surface area contributed by atoms with Crippen LogP contribution in [0.15, 0.2) is 41.3 Å². The quantitative estimate of drug-likeness (QED) is 0.404. The van der Waals surface area contributed by atoms with Crippen LogP contribution in [-0.4, -0.2) is 42.9 Å². The van der Waals surface area contributed by atoms with E-state index in [9.17, 15) is 22.0 Å². The minimum Gasteiger partial charge on any atom is -0.481 e. The Hall–Kier alpha value is -2.69. The number of sulfone groups is 1. The smallest absolute Gasteiger partial charge is 0.388 e. The number of ether oxygens (including phenoxy) is 2. The zero-order valence-electron chi connectivity index (χ0n) is 17.0. The highest BCUT2D eigenvalue weighted by molar-refractivity contribution is 7.92. The van der Waals surface area contributed by atoms with Gasteiger partial charge in [-0.3, -0.25) is 0 Å². The van der Waals surface area contributed by atoms with Gasteiger partial charge in [0, 0.05) is 17.4 Å². The summed E-state index contributed by atoms with van der Waals surface area (Å²) in [6.07, 6.45) is 0.0584. The van der Waals surface area contributed by atoms with Crippen LogP contribution in [0.1, 0.15) is 16.7 Å². The lowest BCUT2D eigenvalue weighted by atomic mass is 9.98. The summed E-state index contributed by atoms with van der Waals surface area (Å²) in [5, 5.41) is 8.85. The first kappa shape index (κ1) is 24.9. The minimum absolute atomic E-state index is 0.0230. The molecule has 0 fully saturated rings. The van der Waals surface area contributed by atoms with Crippen molar-refractivity contribution in [3.05, 3.63) is 58.1 Å². The Morgan fingerprint density at radius 1 is 1.18 bits per heavy atom. The van der Waals surface area contributed by atoms with Gasteiger partial charge in [-0.05, 0) is 42.3 Å². The van der Waals surface area contributed by atoms with E-state index in [1.807, 2.05) is 0 Å². The van der Waals surface area contributed by atoms with E-state index < -0.39 is 34.2 Å². The molecule has 3 rings (SSSR count). The Morgan fingerprint density at radius 3 is 2.42 bits per heavy atom. The summed E-state index contributed by atoms with van der Waals surface area (Å²) in [7, 11) is -3.62. The Labute approximate surface area is 197 Å². The average molecular weight is 520 g/mol. The van der Waals surface area contributed by atoms with Crippen LogP contribution in [0.5, 0.6) is 11.6 Å². The molecule has 33 heavy (non-hydrogen) atoms. The van der Waals surface area contributed by atoms with E-state index in [1.165, 1.54) is 36.4 Å². The first-order valence-corrected chi connectivity index (χ1v) is 11.9. The molecule has 0 unspecified atom stereocenters. The molecule has 0 aliphatic heterocycles. The van der Waals surface area contributed by atoms with Crippen molar-refractivity contribution in [1.29, 1.82) is 0 Å². The lowest BCUT2D eigenvalue weighted by Crippen LogP contribution is -2.11. The summed E-state index contributed by atoms with van der Waals surface area (Å²) >= 11 is 11.7. The predicted octanol–water partition coefficient (Wildman–Crippen LogP) is 4.82. The van der Waals surface area contributed by atoms with Crippen LogP contribution in [0.4, 0.5) is 8.78 Å². The number of carboxylic acid groups (broad SMARTS) is 1. The first-order valence-electron chi connectivity index (χ1n) is 9.32. The molecule has 0 saturated carbocycles. The van der Waals surface area contributed by atoms with Crippen molar-refractivity contribution >= 4 is 49.9 Å². The maximum absolute atomic E-state index is 13.1. The third-order valence-electron chi connectivity index (χ3n) is 4.75. The molecule has 2 aromatic carbocycles. The summed E-state index contributed by atoms with van der Waals surface area (Å²) in [6.45, 7) is -2.17. The topological polar surface area (TPSA) is 103 Å². The molecule has 0 aliphatic rings. The fraction of sp³-hybridized carbons (Fsp3) is 0.238. The van der Waals surface area contributed by atoms with E-state index in [0.717, 1.165) is 0 Å². The minimum atomic E-state index is -3.62. The SMILES string of the molecule is Cc1c(Cc2ccc(S(=O)(=O)CCl)cc2)c(OC(F)F)nc2c(Cl)ccc(OCC(=O)O)c12. The van der Waals surface area contributed by atoms with E-state index in [0.29, 0.717) is 16.5 Å². The summed E-state index contributed by atoms with van der Waals surface area (Å²) in [5.41, 5.74) is 1.41. The van der Waals surface area contributed by atoms with Crippen LogP contribution in [0, 0.1) is 6.92 Å². The van der Waals surface area contributed by atoms with E-state index in [4.69, 9.17) is 33.0 Å². The largest absolute Gasteiger partial charge is 0.481 e. The molecule has 1 heterocycles. The zero-order chi connectivity index (χ0) is 24.3. The number of halogens is 4. The maximum atomic E-state index is 13.1. The van der Waals surface area contributed by atoms with E-state index in [1.54, 1.807) is 6.92 Å². The normalized spacial score (nSPS) is 11.7. The maximum Gasteiger partial charge on any atom is 0.388 e. The molecule has 0 atom stereocenters. The number of nitrogens with zero attached hydrogens (tertiary/aromatic N) is 1. The summed E-state index contributed by atoms with van der Waals surface area (Å²) < 4.78 is 60.0. The molecule has 1 N–H and O–H groups in total. The molecular weight excluding hydrogens is 503 g/mol. The lowest BCUT2D eigenvalue weighted by molar-refractivity contribution is -0.139. The number of benzene rings is 2. The number of aryl methyl sites for hydroxylation is 1. The highest BCUT2D eigenvalue weighted by atomic mass is 35.5. The predicted molar refractivity (Wildman–Crippen MR) is 118 cm³/mol. The number of pyridine rings is 1. The van der Waals surface area contributed by atoms with Crippen molar-refractivity contribution in [3.63, 3.8) is 0 Å². The van der Waals surface area contributed by atoms with Crippen molar-refractivity contribution in [2.75, 3.05) is 11.8 Å². The fourth-order valence-corrected chi connectivity index (χ4v) is 4.49. The van der Waals surface area contributed by atoms with Gasteiger partial charge < -0.3 is 14.6 Å². The van der Waals surface area contributed by atoms with Gasteiger partial charge >= 0.3 is 12.6 Å². The molecule has 1 aromatic heterocycles. The average Bonchev–Trinajstić information content (AvgIpc) is 2.76. The van der Waals surface area contributed by atoms with E-state index in [2.05, 4.69) is 9.72 Å². The van der Waals surface area contributed by atoms with Gasteiger partial charge in [0.25, 0.3) is 0 Å². The number of hydrogen-bond acceptors (Lipinski definition) is 6. The van der Waals surface area contributed by atoms with E-state index >= 15 is 0 Å². The Kier molecular flexibility index (Phi) is 7.61. The van der Waals surface area contributed by atoms with Gasteiger partial charge in [0.05, 0.1) is 15.4 Å². The van der Waals surface area contributed by atoms with Crippen molar-refractivity contribution in [1.82, 2.24) is 4.98 Å². The van der Waals surface area contributed by atoms with Crippen molar-refractivity contribution < 1.29 is 36.6 Å². The molecular formula is C21H17Cl2F2NO6S. The standard InChI is InChI=1S/C21H17Cl2F2NO6S/c1-11-14(8-12-2-4-13(5-3-12)33(29,30)10-22)20(32-21(24)25)26-19-15(23)6-7-16(18(11)19)31-9-17(27)28/h2-7,21H,8-10H2,1H3,(H,27,28). The van der Waals surface area contributed by atoms with Crippen molar-refractivity contribution in [2.24, 2.45) is 0 Å². The third kappa shape index (κ3) is 5.63. The van der Waals surface area contributed by atoms with E-state index in [-0.39, 0.29) is 39.0 Å². The van der Waals surface area contributed by atoms with Crippen LogP contribution in [0.2, 0.25) is 5.02 Å². The Morgan fingerprint density at radius 2 is 1.85 bits per heavy atom. The molecule has 176 valence electrons. The molecule has 7 nitrogen and oxygen atoms in total. The van der Waals surface area contributed by atoms with Crippen LogP contribution in [0.3, 0.4) is 0 Å². The first-order chi connectivity index (χ1) is 15.5. The third-order valence-corrected chi connectivity index (χ3v) is 7.19. The number of rotatable bonds is 9. The molecule has 12 heteroatoms. The number of carboxylic acids is 1. The second kappa shape index (κ2) is 10.1. The van der Waals surface area contributed by atoms with Gasteiger partial charge in [0.2, 0.25) is 5.88 Å². The second-order valence-corrected chi connectivity index (χ2v) is 9.88. The van der Waals surface area contributed by atoms with Crippen molar-refractivity contribution in [2.45, 2.75) is 24.9 Å². The van der Waals surface area contributed by atoms with Crippen molar-refractivity contribution in [3.8, 4) is 11.6 Å². The van der Waals surface area contributed by atoms with Gasteiger partial charge in [-0.2, -0.15) is 8.78 Å². The highest BCUT2D eigenvalue weighted by Gasteiger charge is 2.22. The van der Waals surface area contributed by atoms with Crippen LogP contribution in [-0.2, 0) is 21.1 Å². The van der Waals surface area contributed by atoms with Gasteiger partial charge in [-0.1, -0.05) is 23.7 Å². The molecule has 0 aliphatic carbocycles. The molecule has 0 spiro atoms. The number of aromatic nitrogens is 1. The molecule has 0 saturated heterocycles. The second-order valence-electron chi connectivity index (χ2n) is 6.90. The monoisotopic (exact) mass is 519 g/mol. The number of alkyl halides is 3. The highest BCUT2D eigenvalue weighted by Crippen LogP contribution is 2.38. The Balaban J connectivity index is 2.14. The van der Waals surface area contributed by atoms with Gasteiger partial charge in [0.15, 0.2) is 16.4 Å². The number of carbonyl (C=O) groups is 1. The molecule has 0 radical (unpaired) electrons. The summed E-state index contributed by atoms with van der Waals surface area (Å²) in [5.74, 6) is -1.39. The Bertz CT molecular complexity index is 1300. The molecule has 0 amide bonds. The molecule has 0 bridgehead atoms.